The minimum Gasteiger partial charge on any atom is -0.469 e. The van der Waals surface area contributed by atoms with Gasteiger partial charge in [-0.3, -0.25) is 4.90 Å². The van der Waals surface area contributed by atoms with Crippen LogP contribution in [0.1, 0.15) is 29.4 Å². The zero-order valence-electron chi connectivity index (χ0n) is 14.0. The molecule has 0 amide bonds. The molecule has 0 fully saturated rings. The highest BCUT2D eigenvalue weighted by atomic mass is 32.1. The van der Waals surface area contributed by atoms with Crippen LogP contribution in [0.4, 0.5) is 0 Å². The van der Waals surface area contributed by atoms with Gasteiger partial charge in [-0.25, -0.2) is 0 Å². The third-order valence-electron chi connectivity index (χ3n) is 3.63. The second-order valence-electron chi connectivity index (χ2n) is 5.58. The first kappa shape index (κ1) is 17.6. The molecule has 0 spiro atoms. The van der Waals surface area contributed by atoms with E-state index in [1.165, 1.54) is 16.9 Å². The largest absolute Gasteiger partial charge is 0.469 e. The fourth-order valence-corrected chi connectivity index (χ4v) is 3.31. The van der Waals surface area contributed by atoms with Crippen LogP contribution in [0, 0.1) is 0 Å². The lowest BCUT2D eigenvalue weighted by Gasteiger charge is -2.23. The molecule has 0 aliphatic rings. The molecule has 2 aromatic heterocycles. The van der Waals surface area contributed by atoms with Crippen LogP contribution < -0.4 is 4.74 Å². The Balaban J connectivity index is 1.70. The number of rotatable bonds is 9. The summed E-state index contributed by atoms with van der Waals surface area (Å²) in [7, 11) is 0. The number of nitrogens with zero attached hydrogens (tertiary/aromatic N) is 3. The van der Waals surface area contributed by atoms with Crippen molar-refractivity contribution in [1.82, 2.24) is 15.1 Å². The Kier molecular flexibility index (Phi) is 6.16. The molecular weight excluding hydrogens is 338 g/mol. The summed E-state index contributed by atoms with van der Waals surface area (Å²) in [5.41, 5.74) is 1.17. The van der Waals surface area contributed by atoms with Crippen molar-refractivity contribution >= 4 is 11.3 Å². The summed E-state index contributed by atoms with van der Waals surface area (Å²) in [4.78, 5) is 2.12. The summed E-state index contributed by atoms with van der Waals surface area (Å²) >= 11 is 1.43. The summed E-state index contributed by atoms with van der Waals surface area (Å²) < 4.78 is 10.7. The van der Waals surface area contributed by atoms with Gasteiger partial charge in [0.2, 0.25) is 0 Å². The summed E-state index contributed by atoms with van der Waals surface area (Å²) in [5, 5.41) is 20.1. The second-order valence-corrected chi connectivity index (χ2v) is 6.61. The van der Waals surface area contributed by atoms with Crippen LogP contribution in [-0.2, 0) is 13.1 Å². The molecule has 0 radical (unpaired) electrons. The van der Waals surface area contributed by atoms with Crippen molar-refractivity contribution in [3.63, 3.8) is 0 Å². The van der Waals surface area contributed by atoms with Gasteiger partial charge in [-0.1, -0.05) is 41.7 Å². The first-order valence-corrected chi connectivity index (χ1v) is 8.99. The minimum absolute atomic E-state index is 0.436. The van der Waals surface area contributed by atoms with E-state index in [1.54, 1.807) is 18.4 Å². The predicted molar refractivity (Wildman–Crippen MR) is 95.3 cm³/mol. The summed E-state index contributed by atoms with van der Waals surface area (Å²) in [6.45, 7) is 4.20. The minimum atomic E-state index is -0.696. The summed E-state index contributed by atoms with van der Waals surface area (Å²) in [6, 6.07) is 13.7. The molecule has 2 heterocycles. The number of aliphatic hydroxyl groups excluding tert-OH is 1. The molecule has 132 valence electrons. The van der Waals surface area contributed by atoms with E-state index in [4.69, 9.17) is 9.15 Å². The third-order valence-corrected chi connectivity index (χ3v) is 4.45. The normalized spacial score (nSPS) is 12.4. The van der Waals surface area contributed by atoms with Crippen LogP contribution in [0.3, 0.4) is 0 Å². The third kappa shape index (κ3) is 5.12. The van der Waals surface area contributed by atoms with Crippen molar-refractivity contribution in [2.24, 2.45) is 0 Å². The fourth-order valence-electron chi connectivity index (χ4n) is 2.52. The van der Waals surface area contributed by atoms with Gasteiger partial charge in [0.15, 0.2) is 0 Å². The molecule has 7 heteroatoms. The standard InChI is InChI=1S/C18H21N3O3S/c1-2-23-18-20-19-17(25-18)13-21(11-14-7-4-3-5-8-14)12-15(22)16-9-6-10-24-16/h3-10,15,22H,2,11-13H2,1H3/t15-/m1/s1. The molecule has 3 aromatic rings. The highest BCUT2D eigenvalue weighted by molar-refractivity contribution is 7.13. The molecule has 1 atom stereocenters. The van der Waals surface area contributed by atoms with Crippen molar-refractivity contribution in [3.05, 3.63) is 65.1 Å². The monoisotopic (exact) mass is 359 g/mol. The molecule has 0 aliphatic heterocycles. The Morgan fingerprint density at radius 2 is 2.00 bits per heavy atom. The van der Waals surface area contributed by atoms with Crippen LogP contribution in [0.5, 0.6) is 5.19 Å². The molecule has 1 N–H and O–H groups in total. The molecule has 6 nitrogen and oxygen atoms in total. The van der Waals surface area contributed by atoms with Crippen molar-refractivity contribution in [3.8, 4) is 5.19 Å². The maximum Gasteiger partial charge on any atom is 0.294 e. The first-order valence-electron chi connectivity index (χ1n) is 8.17. The Labute approximate surface area is 150 Å². The van der Waals surface area contributed by atoms with Gasteiger partial charge in [-0.2, -0.15) is 0 Å². The number of ether oxygens (including phenoxy) is 1. The number of hydrogen-bond donors (Lipinski definition) is 1. The molecule has 0 saturated carbocycles. The van der Waals surface area contributed by atoms with E-state index in [-0.39, 0.29) is 0 Å². The quantitative estimate of drug-likeness (QED) is 0.632. The molecule has 0 saturated heterocycles. The lowest BCUT2D eigenvalue weighted by molar-refractivity contribution is 0.0871. The smallest absolute Gasteiger partial charge is 0.294 e. The number of furan rings is 1. The first-order chi connectivity index (χ1) is 12.2. The summed E-state index contributed by atoms with van der Waals surface area (Å²) in [6.07, 6.45) is 0.872. The molecular formula is C18H21N3O3S. The van der Waals surface area contributed by atoms with Gasteiger partial charge in [0.25, 0.3) is 5.19 Å². The Morgan fingerprint density at radius 3 is 2.72 bits per heavy atom. The van der Waals surface area contributed by atoms with E-state index in [0.29, 0.717) is 37.2 Å². The van der Waals surface area contributed by atoms with Crippen molar-refractivity contribution < 1.29 is 14.3 Å². The molecule has 1 aromatic carbocycles. The molecule has 25 heavy (non-hydrogen) atoms. The molecule has 0 bridgehead atoms. The maximum atomic E-state index is 10.4. The highest BCUT2D eigenvalue weighted by Gasteiger charge is 2.18. The van der Waals surface area contributed by atoms with Crippen LogP contribution in [0.15, 0.2) is 53.1 Å². The fraction of sp³-hybridized carbons (Fsp3) is 0.333. The van der Waals surface area contributed by atoms with Crippen LogP contribution in [-0.4, -0.2) is 33.4 Å². The average molecular weight is 359 g/mol. The van der Waals surface area contributed by atoms with E-state index in [1.807, 2.05) is 25.1 Å². The van der Waals surface area contributed by atoms with E-state index in [0.717, 1.165) is 5.01 Å². The lowest BCUT2D eigenvalue weighted by atomic mass is 10.2. The molecule has 3 rings (SSSR count). The lowest BCUT2D eigenvalue weighted by Crippen LogP contribution is -2.28. The van der Waals surface area contributed by atoms with Gasteiger partial charge in [0.1, 0.15) is 16.9 Å². The summed E-state index contributed by atoms with van der Waals surface area (Å²) in [5.74, 6) is 0.560. The topological polar surface area (TPSA) is 71.6 Å². The van der Waals surface area contributed by atoms with Crippen molar-refractivity contribution in [1.29, 1.82) is 0 Å². The van der Waals surface area contributed by atoms with E-state index in [9.17, 15) is 5.11 Å². The maximum absolute atomic E-state index is 10.4. The Morgan fingerprint density at radius 1 is 1.16 bits per heavy atom. The van der Waals surface area contributed by atoms with Gasteiger partial charge in [0.05, 0.1) is 19.4 Å². The van der Waals surface area contributed by atoms with E-state index >= 15 is 0 Å². The van der Waals surface area contributed by atoms with Gasteiger partial charge in [-0.15, -0.1) is 10.2 Å². The highest BCUT2D eigenvalue weighted by Crippen LogP contribution is 2.22. The van der Waals surface area contributed by atoms with Gasteiger partial charge >= 0.3 is 0 Å². The van der Waals surface area contributed by atoms with Crippen molar-refractivity contribution in [2.75, 3.05) is 13.2 Å². The van der Waals surface area contributed by atoms with E-state index in [2.05, 4.69) is 27.2 Å². The van der Waals surface area contributed by atoms with Gasteiger partial charge in [-0.05, 0) is 24.6 Å². The Hall–Kier alpha value is -2.22. The van der Waals surface area contributed by atoms with E-state index < -0.39 is 6.10 Å². The van der Waals surface area contributed by atoms with Crippen LogP contribution in [0.25, 0.3) is 0 Å². The Bertz CT molecular complexity index is 746. The zero-order valence-corrected chi connectivity index (χ0v) is 14.9. The number of hydrogen-bond acceptors (Lipinski definition) is 7. The van der Waals surface area contributed by atoms with Crippen molar-refractivity contribution in [2.45, 2.75) is 26.1 Å². The average Bonchev–Trinajstić information content (AvgIpc) is 3.28. The van der Waals surface area contributed by atoms with Gasteiger partial charge in [0, 0.05) is 13.1 Å². The number of aromatic nitrogens is 2. The number of aliphatic hydroxyl groups is 1. The molecule has 0 unspecified atom stereocenters. The predicted octanol–water partition coefficient (Wildman–Crippen LogP) is 3.27. The zero-order chi connectivity index (χ0) is 17.5. The van der Waals surface area contributed by atoms with Crippen LogP contribution >= 0.6 is 11.3 Å². The van der Waals surface area contributed by atoms with Gasteiger partial charge < -0.3 is 14.3 Å². The second kappa shape index (κ2) is 8.75. The number of benzene rings is 1. The van der Waals surface area contributed by atoms with Crippen LogP contribution in [0.2, 0.25) is 0 Å². The molecule has 0 aliphatic carbocycles. The SMILES string of the molecule is CCOc1nnc(CN(Cc2ccccc2)C[C@@H](O)c2ccco2)s1.